The molecule has 8 bridgehead atoms. The summed E-state index contributed by atoms with van der Waals surface area (Å²) in [5.74, 6) is 0. The zero-order valence-electron chi connectivity index (χ0n) is 33.5. The van der Waals surface area contributed by atoms with Gasteiger partial charge in [-0.2, -0.15) is 51.9 Å². The number of hydrogen-bond acceptors (Lipinski definition) is 10. The van der Waals surface area contributed by atoms with Crippen LogP contribution in [0.3, 0.4) is 0 Å². The minimum absolute atomic E-state index is 0. The predicted octanol–water partition coefficient (Wildman–Crippen LogP) is 5.13. The normalized spacial score (nSPS) is 12.6. The fourth-order valence-electron chi connectivity index (χ4n) is 6.97. The topological polar surface area (TPSA) is 275 Å². The Morgan fingerprint density at radius 1 is 0.400 bits per heavy atom. The van der Waals surface area contributed by atoms with E-state index < -0.39 is 40.5 Å². The molecule has 5 heterocycles. The van der Waals surface area contributed by atoms with E-state index in [9.17, 15) is 47.3 Å². The van der Waals surface area contributed by atoms with Crippen LogP contribution < -0.4 is 29.6 Å². The first-order chi connectivity index (χ1) is 30.2. The van der Waals surface area contributed by atoms with Gasteiger partial charge >= 0.3 is 29.6 Å². The van der Waals surface area contributed by atoms with Crippen LogP contribution in [-0.4, -0.2) is 71.8 Å². The molecule has 2 aliphatic heterocycles. The molecule has 6 N–H and O–H groups in total. The third kappa shape index (κ3) is 10.5. The van der Waals surface area contributed by atoms with Gasteiger partial charge in [0, 0.05) is 38.8 Å². The fraction of sp³-hybridized carbons (Fsp3) is 0. The second-order valence-corrected chi connectivity index (χ2v) is 19.7. The molecule has 0 fully saturated rings. The van der Waals surface area contributed by atoms with E-state index in [0.717, 1.165) is 0 Å². The van der Waals surface area contributed by atoms with E-state index in [1.165, 1.54) is 60.7 Å². The molecule has 3 aromatic heterocycles. The van der Waals surface area contributed by atoms with Crippen molar-refractivity contribution >= 4 is 86.8 Å². The first-order valence-corrected chi connectivity index (χ1v) is 24.3. The Hall–Kier alpha value is -5.88. The summed E-state index contributed by atoms with van der Waals surface area (Å²) in [7, 11) is -17.4. The number of benzene rings is 4. The van der Waals surface area contributed by atoms with Crippen molar-refractivity contribution in [2.24, 2.45) is 0 Å². The second-order valence-electron chi connectivity index (χ2n) is 14.1. The molecular weight excluding hydrogens is 928 g/mol. The Morgan fingerprint density at radius 3 is 1.12 bits per heavy atom. The third-order valence-corrected chi connectivity index (χ3v) is 13.4. The average molecular weight is 959 g/mol. The Balaban J connectivity index is 0.000000508. The SMILES string of the molecule is O=S(=O)(O)c1cc[c-]cc1.O=S(=O)(O)c1ccc(-c2c3nc(c(-c4ccc(S(=O)(=O)O)cc4)c4ccc([nH]4)c(-c4ccc(S(=O)(=O)O)cc4)c4nc(cc5ccc2[nH]5)C=C4)C=C3)cc1.[Na+]. The van der Waals surface area contributed by atoms with Crippen molar-refractivity contribution in [3.63, 3.8) is 0 Å². The van der Waals surface area contributed by atoms with Crippen molar-refractivity contribution < 1.29 is 81.4 Å². The molecule has 0 saturated carbocycles. The molecule has 16 nitrogen and oxygen atoms in total. The number of hydrogen-bond donors (Lipinski definition) is 6. The molecule has 0 aliphatic carbocycles. The molecule has 21 heteroatoms. The molecule has 4 aromatic carbocycles. The van der Waals surface area contributed by atoms with Crippen molar-refractivity contribution in [2.75, 3.05) is 0 Å². The van der Waals surface area contributed by atoms with Gasteiger partial charge in [0.1, 0.15) is 0 Å². The van der Waals surface area contributed by atoms with Crippen LogP contribution in [0.1, 0.15) is 22.8 Å². The summed E-state index contributed by atoms with van der Waals surface area (Å²) in [4.78, 5) is 15.8. The van der Waals surface area contributed by atoms with Crippen LogP contribution in [0, 0.1) is 6.07 Å². The van der Waals surface area contributed by atoms with Gasteiger partial charge in [0.25, 0.3) is 40.5 Å². The molecular formula is C44H31N4NaO12S4. The van der Waals surface area contributed by atoms with Gasteiger partial charge in [-0.1, -0.05) is 36.4 Å². The van der Waals surface area contributed by atoms with Crippen LogP contribution in [-0.2, 0) is 40.5 Å². The van der Waals surface area contributed by atoms with Crippen molar-refractivity contribution in [3.05, 3.63) is 156 Å². The number of fused-ring (bicyclic) bond motifs is 8. The molecule has 65 heavy (non-hydrogen) atoms. The first-order valence-electron chi connectivity index (χ1n) is 18.5. The quantitative estimate of drug-likeness (QED) is 0.0687. The van der Waals surface area contributed by atoms with E-state index in [0.29, 0.717) is 78.2 Å². The monoisotopic (exact) mass is 958 g/mol. The molecule has 0 spiro atoms. The Kier molecular flexibility index (Phi) is 13.2. The van der Waals surface area contributed by atoms with Crippen LogP contribution in [0.5, 0.6) is 0 Å². The van der Waals surface area contributed by atoms with Gasteiger partial charge in [0.2, 0.25) is 0 Å². The molecule has 2 aliphatic rings. The van der Waals surface area contributed by atoms with Crippen molar-refractivity contribution in [1.29, 1.82) is 0 Å². The summed E-state index contributed by atoms with van der Waals surface area (Å²) in [5.41, 5.74) is 8.12. The summed E-state index contributed by atoms with van der Waals surface area (Å²) in [6.45, 7) is 0. The van der Waals surface area contributed by atoms with Crippen molar-refractivity contribution in [3.8, 4) is 33.4 Å². The Morgan fingerprint density at radius 2 is 0.738 bits per heavy atom. The minimum atomic E-state index is -4.48. The minimum Gasteiger partial charge on any atom is -0.355 e. The van der Waals surface area contributed by atoms with Crippen molar-refractivity contribution in [2.45, 2.75) is 19.6 Å². The second kappa shape index (κ2) is 18.2. The molecule has 0 amide bonds. The zero-order chi connectivity index (χ0) is 45.6. The maximum absolute atomic E-state index is 11.9. The van der Waals surface area contributed by atoms with Gasteiger partial charge in [-0.05, 0) is 113 Å². The molecule has 0 radical (unpaired) electrons. The molecule has 0 unspecified atom stereocenters. The summed E-state index contributed by atoms with van der Waals surface area (Å²) in [6.07, 6.45) is 7.21. The molecule has 9 rings (SSSR count). The number of H-pyrrole nitrogens is 2. The van der Waals surface area contributed by atoms with Crippen molar-refractivity contribution in [1.82, 2.24) is 19.9 Å². The van der Waals surface area contributed by atoms with Gasteiger partial charge in [-0.25, -0.2) is 9.97 Å². The van der Waals surface area contributed by atoms with E-state index in [-0.39, 0.29) is 49.1 Å². The number of rotatable bonds is 7. The number of nitrogens with zero attached hydrogens (tertiary/aromatic N) is 2. The average Bonchev–Trinajstić information content (AvgIpc) is 4.09. The molecule has 0 saturated heterocycles. The predicted molar refractivity (Wildman–Crippen MR) is 240 cm³/mol. The van der Waals surface area contributed by atoms with E-state index in [1.54, 1.807) is 48.6 Å². The first kappa shape index (κ1) is 47.1. The maximum Gasteiger partial charge on any atom is 1.00 e. The van der Waals surface area contributed by atoms with E-state index >= 15 is 0 Å². The maximum atomic E-state index is 11.9. The molecule has 324 valence electrons. The summed E-state index contributed by atoms with van der Waals surface area (Å²) in [5, 5.41) is 0. The zero-order valence-corrected chi connectivity index (χ0v) is 38.8. The standard InChI is InChI=1S/C38H26N4O9S3.C6H5O3S.Na/c43-52(44,45)27-9-1-22(2-10-27)36-30-15-7-25(39-30)21-26-8-16-31(40-26)37(23-3-11-28(12-4-23)53(46,47)48)33-18-20-35(42-33)38(34-19-17-32(36)41-34)24-5-13-29(14-6-24)54(49,50)51;7-10(8,9)6-4-2-1-3-5-6;/h1-21,39,42H,(H,43,44,45)(H,46,47,48)(H,49,50,51);2-5H,(H,7,8,9);/q;-1;+1. The van der Waals surface area contributed by atoms with E-state index in [2.05, 4.69) is 16.0 Å². The van der Waals surface area contributed by atoms with Gasteiger partial charge in [0.15, 0.2) is 0 Å². The summed E-state index contributed by atoms with van der Waals surface area (Å²) in [6, 6.07) is 34.3. The number of aromatic amines is 2. The third-order valence-electron chi connectivity index (χ3n) is 9.88. The van der Waals surface area contributed by atoms with Crippen LogP contribution in [0.15, 0.2) is 147 Å². The number of nitrogens with one attached hydrogen (secondary N) is 2. The molecule has 0 atom stereocenters. The smallest absolute Gasteiger partial charge is 0.355 e. The Labute approximate surface area is 394 Å². The molecule has 7 aromatic rings. The van der Waals surface area contributed by atoms with Gasteiger partial charge in [-0.15, -0.1) is 12.1 Å². The number of aromatic nitrogens is 4. The van der Waals surface area contributed by atoms with Crippen LogP contribution in [0.2, 0.25) is 0 Å². The van der Waals surface area contributed by atoms with Gasteiger partial charge in [0.05, 0.1) is 37.5 Å². The van der Waals surface area contributed by atoms with E-state index in [4.69, 9.17) is 14.5 Å². The largest absolute Gasteiger partial charge is 1.00 e. The fourth-order valence-corrected chi connectivity index (χ4v) is 8.89. The van der Waals surface area contributed by atoms with Gasteiger partial charge < -0.3 is 9.97 Å². The van der Waals surface area contributed by atoms with Crippen LogP contribution >= 0.6 is 0 Å². The Bertz CT molecular complexity index is 3620. The summed E-state index contributed by atoms with van der Waals surface area (Å²) < 4.78 is 129. The van der Waals surface area contributed by atoms with E-state index in [1.807, 2.05) is 42.5 Å². The van der Waals surface area contributed by atoms with Crippen LogP contribution in [0.25, 0.3) is 79.8 Å². The van der Waals surface area contributed by atoms with Gasteiger partial charge in [-0.3, -0.25) is 18.2 Å². The van der Waals surface area contributed by atoms with Crippen LogP contribution in [0.4, 0.5) is 0 Å². The summed E-state index contributed by atoms with van der Waals surface area (Å²) >= 11 is 0.